The molecule has 3 rings (SSSR count). The lowest BCUT2D eigenvalue weighted by Gasteiger charge is -2.03. The van der Waals surface area contributed by atoms with E-state index in [4.69, 9.17) is 0 Å². The molecule has 0 saturated heterocycles. The van der Waals surface area contributed by atoms with Crippen LogP contribution in [-0.4, -0.2) is 15.6 Å². The lowest BCUT2D eigenvalue weighted by atomic mass is 10.1. The van der Waals surface area contributed by atoms with Crippen molar-refractivity contribution in [3.05, 3.63) is 53.9 Å². The van der Waals surface area contributed by atoms with Gasteiger partial charge in [-0.15, -0.1) is 0 Å². The van der Waals surface area contributed by atoms with E-state index in [0.29, 0.717) is 24.2 Å². The van der Waals surface area contributed by atoms with Gasteiger partial charge in [0.05, 0.1) is 12.1 Å². The van der Waals surface area contributed by atoms with E-state index in [-0.39, 0.29) is 5.92 Å². The van der Waals surface area contributed by atoms with Crippen molar-refractivity contribution in [3.63, 3.8) is 0 Å². The quantitative estimate of drug-likeness (QED) is 0.833. The monoisotopic (exact) mass is 268 g/mol. The molecule has 0 spiro atoms. The summed E-state index contributed by atoms with van der Waals surface area (Å²) in [5.41, 5.74) is 2.18. The van der Waals surface area contributed by atoms with Gasteiger partial charge in [-0.3, -0.25) is 9.48 Å². The van der Waals surface area contributed by atoms with Crippen molar-refractivity contribution >= 4 is 5.78 Å². The van der Waals surface area contributed by atoms with E-state index in [1.165, 1.54) is 5.56 Å². The molecule has 1 saturated carbocycles. The molecule has 0 aliphatic heterocycles. The molecule has 1 aliphatic carbocycles. The van der Waals surface area contributed by atoms with E-state index in [0.717, 1.165) is 12.1 Å². The predicted octanol–water partition coefficient (Wildman–Crippen LogP) is 3.38. The van der Waals surface area contributed by atoms with Gasteiger partial charge in [-0.05, 0) is 37.8 Å². The second-order valence-corrected chi connectivity index (χ2v) is 5.88. The Hall–Kier alpha value is -1.90. The number of benzene rings is 1. The Bertz CT molecular complexity index is 600. The third-order valence-corrected chi connectivity index (χ3v) is 3.98. The van der Waals surface area contributed by atoms with E-state index in [1.54, 1.807) is 0 Å². The summed E-state index contributed by atoms with van der Waals surface area (Å²) in [5.74, 6) is 0.949. The third kappa shape index (κ3) is 2.67. The van der Waals surface area contributed by atoms with Crippen LogP contribution in [0.2, 0.25) is 0 Å². The maximum Gasteiger partial charge on any atom is 0.142 e. The smallest absolute Gasteiger partial charge is 0.142 e. The number of ketones is 1. The topological polar surface area (TPSA) is 34.9 Å². The summed E-state index contributed by atoms with van der Waals surface area (Å²) < 4.78 is 1.91. The molecule has 2 atom stereocenters. The lowest BCUT2D eigenvalue weighted by Crippen LogP contribution is -2.08. The molecule has 104 valence electrons. The Morgan fingerprint density at radius 2 is 2.05 bits per heavy atom. The maximum atomic E-state index is 12.3. The first kappa shape index (κ1) is 13.1. The molecule has 1 aromatic heterocycles. The highest BCUT2D eigenvalue weighted by Gasteiger charge is 2.43. The van der Waals surface area contributed by atoms with Crippen LogP contribution in [0.3, 0.4) is 0 Å². The first-order valence-corrected chi connectivity index (χ1v) is 7.27. The number of aromatic nitrogens is 2. The minimum absolute atomic E-state index is 0.196. The molecule has 2 aromatic rings. The molecule has 0 radical (unpaired) electrons. The molecular formula is C17H20N2O. The van der Waals surface area contributed by atoms with Gasteiger partial charge in [0, 0.05) is 18.2 Å². The molecule has 0 amide bonds. The zero-order chi connectivity index (χ0) is 14.1. The number of rotatable bonds is 5. The van der Waals surface area contributed by atoms with Crippen LogP contribution in [0.5, 0.6) is 0 Å². The van der Waals surface area contributed by atoms with Gasteiger partial charge in [0.25, 0.3) is 0 Å². The fourth-order valence-electron chi connectivity index (χ4n) is 2.69. The number of hydrogen-bond acceptors (Lipinski definition) is 2. The van der Waals surface area contributed by atoms with Gasteiger partial charge in [0.1, 0.15) is 5.78 Å². The lowest BCUT2D eigenvalue weighted by molar-refractivity contribution is -0.119. The summed E-state index contributed by atoms with van der Waals surface area (Å²) in [6.07, 6.45) is 3.41. The summed E-state index contributed by atoms with van der Waals surface area (Å²) in [6, 6.07) is 12.6. The number of Topliss-reactive ketones (excluding diaryl/α,β-unsaturated/α-hetero) is 1. The van der Waals surface area contributed by atoms with Crippen molar-refractivity contribution in [2.45, 2.75) is 38.6 Å². The number of hydrogen-bond donors (Lipinski definition) is 0. The van der Waals surface area contributed by atoms with Crippen LogP contribution in [0.25, 0.3) is 0 Å². The SMILES string of the molecule is CC(C)n1ccc(CC(=O)C2CC2c2ccccc2)n1. The van der Waals surface area contributed by atoms with Crippen molar-refractivity contribution in [2.75, 3.05) is 0 Å². The molecule has 1 aliphatic rings. The summed E-state index contributed by atoms with van der Waals surface area (Å²) in [6.45, 7) is 4.18. The molecular weight excluding hydrogens is 248 g/mol. The summed E-state index contributed by atoms with van der Waals surface area (Å²) >= 11 is 0. The summed E-state index contributed by atoms with van der Waals surface area (Å²) in [4.78, 5) is 12.3. The Balaban J connectivity index is 1.61. The van der Waals surface area contributed by atoms with Crippen molar-refractivity contribution in [2.24, 2.45) is 5.92 Å². The van der Waals surface area contributed by atoms with Crippen molar-refractivity contribution in [1.82, 2.24) is 9.78 Å². The van der Waals surface area contributed by atoms with Gasteiger partial charge in [-0.2, -0.15) is 5.10 Å². The van der Waals surface area contributed by atoms with Crippen molar-refractivity contribution in [1.29, 1.82) is 0 Å². The first-order valence-electron chi connectivity index (χ1n) is 7.27. The van der Waals surface area contributed by atoms with Crippen LogP contribution >= 0.6 is 0 Å². The fraction of sp³-hybridized carbons (Fsp3) is 0.412. The van der Waals surface area contributed by atoms with Gasteiger partial charge in [-0.25, -0.2) is 0 Å². The summed E-state index contributed by atoms with van der Waals surface area (Å²) in [7, 11) is 0. The van der Waals surface area contributed by atoms with E-state index >= 15 is 0 Å². The minimum atomic E-state index is 0.196. The van der Waals surface area contributed by atoms with E-state index in [2.05, 4.69) is 31.1 Å². The Morgan fingerprint density at radius 3 is 2.70 bits per heavy atom. The third-order valence-electron chi connectivity index (χ3n) is 3.98. The van der Waals surface area contributed by atoms with Crippen molar-refractivity contribution < 1.29 is 4.79 Å². The van der Waals surface area contributed by atoms with E-state index in [9.17, 15) is 4.79 Å². The number of nitrogens with zero attached hydrogens (tertiary/aromatic N) is 2. The van der Waals surface area contributed by atoms with Crippen LogP contribution in [0.1, 0.15) is 43.5 Å². The Kier molecular flexibility index (Phi) is 3.43. The van der Waals surface area contributed by atoms with Crippen LogP contribution in [0.15, 0.2) is 42.6 Å². The Morgan fingerprint density at radius 1 is 1.30 bits per heavy atom. The molecule has 1 aromatic carbocycles. The molecule has 1 heterocycles. The maximum absolute atomic E-state index is 12.3. The van der Waals surface area contributed by atoms with Gasteiger partial charge in [-0.1, -0.05) is 30.3 Å². The fourth-order valence-corrected chi connectivity index (χ4v) is 2.69. The highest BCUT2D eigenvalue weighted by molar-refractivity contribution is 5.86. The van der Waals surface area contributed by atoms with Gasteiger partial charge in [0.15, 0.2) is 0 Å². The second kappa shape index (κ2) is 5.23. The van der Waals surface area contributed by atoms with E-state index < -0.39 is 0 Å². The average molecular weight is 268 g/mol. The number of carbonyl (C=O) groups excluding carboxylic acids is 1. The Labute approximate surface area is 119 Å². The van der Waals surface area contributed by atoms with Crippen LogP contribution < -0.4 is 0 Å². The first-order chi connectivity index (χ1) is 9.65. The standard InChI is InChI=1S/C17H20N2O/c1-12(2)19-9-8-14(18-19)10-17(20)16-11-15(16)13-6-4-3-5-7-13/h3-9,12,15-16H,10-11H2,1-2H3. The van der Waals surface area contributed by atoms with Gasteiger partial charge < -0.3 is 0 Å². The van der Waals surface area contributed by atoms with Crippen LogP contribution in [0, 0.1) is 5.92 Å². The average Bonchev–Trinajstić information content (AvgIpc) is 3.12. The number of carbonyl (C=O) groups is 1. The van der Waals surface area contributed by atoms with E-state index in [1.807, 2.05) is 35.1 Å². The highest BCUT2D eigenvalue weighted by Crippen LogP contribution is 2.48. The minimum Gasteiger partial charge on any atom is -0.299 e. The molecule has 20 heavy (non-hydrogen) atoms. The second-order valence-electron chi connectivity index (χ2n) is 5.88. The normalized spacial score (nSPS) is 21.1. The predicted molar refractivity (Wildman–Crippen MR) is 78.6 cm³/mol. The molecule has 1 fully saturated rings. The molecule has 0 N–H and O–H groups in total. The molecule has 0 bridgehead atoms. The molecule has 3 nitrogen and oxygen atoms in total. The molecule has 3 heteroatoms. The van der Waals surface area contributed by atoms with Gasteiger partial charge >= 0.3 is 0 Å². The van der Waals surface area contributed by atoms with Crippen LogP contribution in [-0.2, 0) is 11.2 Å². The van der Waals surface area contributed by atoms with Crippen LogP contribution in [0.4, 0.5) is 0 Å². The zero-order valence-electron chi connectivity index (χ0n) is 12.0. The zero-order valence-corrected chi connectivity index (χ0v) is 12.0. The van der Waals surface area contributed by atoms with Crippen molar-refractivity contribution in [3.8, 4) is 0 Å². The van der Waals surface area contributed by atoms with Gasteiger partial charge in [0.2, 0.25) is 0 Å². The summed E-state index contributed by atoms with van der Waals surface area (Å²) in [5, 5.41) is 4.45. The largest absolute Gasteiger partial charge is 0.299 e. The highest BCUT2D eigenvalue weighted by atomic mass is 16.1. The molecule has 2 unspecified atom stereocenters.